The fourth-order valence-electron chi connectivity index (χ4n) is 3.20. The maximum atomic E-state index is 10.2. The van der Waals surface area contributed by atoms with Gasteiger partial charge in [-0.2, -0.15) is 0 Å². The molecule has 2 N–H and O–H groups in total. The maximum Gasteiger partial charge on any atom is 0.147 e. The number of hydrogen-bond acceptors (Lipinski definition) is 3. The van der Waals surface area contributed by atoms with Gasteiger partial charge in [0.25, 0.3) is 0 Å². The van der Waals surface area contributed by atoms with E-state index in [9.17, 15) is 10.2 Å². The lowest BCUT2D eigenvalue weighted by molar-refractivity contribution is 0.442. The summed E-state index contributed by atoms with van der Waals surface area (Å²) in [6.07, 6.45) is 3.78. The third-order valence-electron chi connectivity index (χ3n) is 4.39. The quantitative estimate of drug-likeness (QED) is 0.501. The largest absolute Gasteiger partial charge is 0.506 e. The lowest BCUT2D eigenvalue weighted by Gasteiger charge is -2.07. The second-order valence-corrected chi connectivity index (χ2v) is 7.45. The molecule has 0 aliphatic heterocycles. The van der Waals surface area contributed by atoms with Crippen molar-refractivity contribution in [2.45, 2.75) is 12.8 Å². The molecule has 5 heteroatoms. The van der Waals surface area contributed by atoms with Crippen LogP contribution >= 0.6 is 31.9 Å². The van der Waals surface area contributed by atoms with Crippen molar-refractivity contribution in [3.63, 3.8) is 0 Å². The van der Waals surface area contributed by atoms with E-state index in [1.165, 1.54) is 16.5 Å². The van der Waals surface area contributed by atoms with E-state index in [0.29, 0.717) is 10.0 Å². The molecule has 0 fully saturated rings. The molecule has 0 radical (unpaired) electrons. The Morgan fingerprint density at radius 1 is 0.958 bits per heavy atom. The highest BCUT2D eigenvalue weighted by molar-refractivity contribution is 9.11. The summed E-state index contributed by atoms with van der Waals surface area (Å²) in [5, 5.41) is 22.4. The van der Waals surface area contributed by atoms with Gasteiger partial charge in [0.2, 0.25) is 0 Å². The third-order valence-corrected chi connectivity index (χ3v) is 5.75. The molecule has 0 amide bonds. The van der Waals surface area contributed by atoms with Crippen molar-refractivity contribution in [2.75, 3.05) is 0 Å². The number of hydrogen-bond donors (Lipinski definition) is 2. The van der Waals surface area contributed by atoms with Crippen molar-refractivity contribution in [2.24, 2.45) is 4.99 Å². The summed E-state index contributed by atoms with van der Waals surface area (Å²) in [5.74, 6) is -0.0691. The first-order valence-electron chi connectivity index (χ1n) is 7.53. The van der Waals surface area contributed by atoms with Crippen LogP contribution in [0.4, 0.5) is 5.69 Å². The average Bonchev–Trinajstić information content (AvgIpc) is 3.01. The molecule has 0 heterocycles. The van der Waals surface area contributed by atoms with Crippen molar-refractivity contribution in [1.29, 1.82) is 0 Å². The molecule has 3 aromatic rings. The SMILES string of the molecule is Oc1c(Br)cc(C=Nc2ccc3c4c(cccc24)CC3)c(O)c1Br. The van der Waals surface area contributed by atoms with Crippen LogP contribution in [0.5, 0.6) is 11.5 Å². The standard InChI is InChI=1S/C19H13Br2NO2/c20-14-8-12(18(23)17(21)19(14)24)9-22-15-7-6-11-5-4-10-2-1-3-13(15)16(10)11/h1-3,6-9,23-24H,4-5H2. The fourth-order valence-corrected chi connectivity index (χ4v) is 4.35. The van der Waals surface area contributed by atoms with Crippen molar-refractivity contribution >= 4 is 54.5 Å². The highest BCUT2D eigenvalue weighted by Gasteiger charge is 2.16. The van der Waals surface area contributed by atoms with Gasteiger partial charge in [-0.3, -0.25) is 4.99 Å². The van der Waals surface area contributed by atoms with Gasteiger partial charge in [-0.1, -0.05) is 24.3 Å². The monoisotopic (exact) mass is 445 g/mol. The Kier molecular flexibility index (Phi) is 3.85. The van der Waals surface area contributed by atoms with Crippen LogP contribution in [0, 0.1) is 0 Å². The van der Waals surface area contributed by atoms with Crippen LogP contribution in [0.3, 0.4) is 0 Å². The molecular weight excluding hydrogens is 434 g/mol. The number of aryl methyl sites for hydroxylation is 2. The molecular formula is C19H13Br2NO2. The first kappa shape index (κ1) is 15.7. The van der Waals surface area contributed by atoms with Gasteiger partial charge in [0.15, 0.2) is 0 Å². The predicted molar refractivity (Wildman–Crippen MR) is 104 cm³/mol. The smallest absolute Gasteiger partial charge is 0.147 e. The maximum absolute atomic E-state index is 10.2. The predicted octanol–water partition coefficient (Wildman–Crippen LogP) is 5.63. The summed E-state index contributed by atoms with van der Waals surface area (Å²) in [6, 6.07) is 12.1. The highest BCUT2D eigenvalue weighted by atomic mass is 79.9. The highest BCUT2D eigenvalue weighted by Crippen LogP contribution is 2.41. The lowest BCUT2D eigenvalue weighted by Crippen LogP contribution is -1.86. The second-order valence-electron chi connectivity index (χ2n) is 5.80. The van der Waals surface area contributed by atoms with Gasteiger partial charge in [-0.05, 0) is 73.3 Å². The topological polar surface area (TPSA) is 52.8 Å². The summed E-state index contributed by atoms with van der Waals surface area (Å²) in [5.41, 5.74) is 4.14. The summed E-state index contributed by atoms with van der Waals surface area (Å²) in [4.78, 5) is 4.58. The zero-order valence-electron chi connectivity index (χ0n) is 12.6. The molecule has 0 saturated heterocycles. The zero-order valence-corrected chi connectivity index (χ0v) is 15.7. The normalized spacial score (nSPS) is 13.2. The van der Waals surface area contributed by atoms with Crippen molar-refractivity contribution < 1.29 is 10.2 Å². The molecule has 0 bridgehead atoms. The Balaban J connectivity index is 1.83. The minimum Gasteiger partial charge on any atom is -0.506 e. The summed E-state index contributed by atoms with van der Waals surface area (Å²) >= 11 is 6.45. The number of aromatic hydroxyl groups is 2. The van der Waals surface area contributed by atoms with Crippen LogP contribution in [-0.2, 0) is 12.8 Å². The Hall–Kier alpha value is -1.85. The molecule has 3 aromatic carbocycles. The fraction of sp³-hybridized carbons (Fsp3) is 0.105. The van der Waals surface area contributed by atoms with E-state index >= 15 is 0 Å². The van der Waals surface area contributed by atoms with E-state index < -0.39 is 0 Å². The van der Waals surface area contributed by atoms with E-state index in [-0.39, 0.29) is 16.0 Å². The van der Waals surface area contributed by atoms with Crippen LogP contribution in [0.2, 0.25) is 0 Å². The van der Waals surface area contributed by atoms with Crippen LogP contribution < -0.4 is 0 Å². The number of rotatable bonds is 2. The van der Waals surface area contributed by atoms with Crippen molar-refractivity contribution in [3.8, 4) is 11.5 Å². The second kappa shape index (κ2) is 5.90. The Labute approximate surface area is 155 Å². The lowest BCUT2D eigenvalue weighted by atomic mass is 10.0. The molecule has 0 atom stereocenters. The van der Waals surface area contributed by atoms with Crippen LogP contribution in [0.1, 0.15) is 16.7 Å². The minimum atomic E-state index is -0.0367. The van der Waals surface area contributed by atoms with E-state index in [1.807, 2.05) is 6.07 Å². The zero-order chi connectivity index (χ0) is 16.8. The van der Waals surface area contributed by atoms with Gasteiger partial charge in [-0.25, -0.2) is 0 Å². The molecule has 4 rings (SSSR count). The number of halogens is 2. The Morgan fingerprint density at radius 3 is 2.50 bits per heavy atom. The molecule has 3 nitrogen and oxygen atoms in total. The molecule has 0 unspecified atom stereocenters. The van der Waals surface area contributed by atoms with Gasteiger partial charge < -0.3 is 10.2 Å². The molecule has 0 saturated carbocycles. The molecule has 0 aromatic heterocycles. The van der Waals surface area contributed by atoms with Crippen molar-refractivity contribution in [3.05, 3.63) is 62.0 Å². The van der Waals surface area contributed by atoms with Gasteiger partial charge >= 0.3 is 0 Å². The van der Waals surface area contributed by atoms with Gasteiger partial charge in [-0.15, -0.1) is 0 Å². The van der Waals surface area contributed by atoms with Crippen LogP contribution in [0.15, 0.2) is 50.3 Å². The summed E-state index contributed by atoms with van der Waals surface area (Å²) < 4.78 is 0.743. The molecule has 1 aliphatic carbocycles. The van der Waals surface area contributed by atoms with Crippen molar-refractivity contribution in [1.82, 2.24) is 0 Å². The Bertz CT molecular complexity index is 1000. The van der Waals surface area contributed by atoms with Gasteiger partial charge in [0.1, 0.15) is 16.0 Å². The number of phenols is 2. The van der Waals surface area contributed by atoms with Crippen LogP contribution in [-0.4, -0.2) is 16.4 Å². The van der Waals surface area contributed by atoms with E-state index in [0.717, 1.165) is 23.9 Å². The molecule has 0 spiro atoms. The number of benzene rings is 3. The third kappa shape index (κ3) is 2.43. The molecule has 120 valence electrons. The first-order valence-corrected chi connectivity index (χ1v) is 9.12. The molecule has 24 heavy (non-hydrogen) atoms. The number of nitrogens with zero attached hydrogens (tertiary/aromatic N) is 1. The van der Waals surface area contributed by atoms with E-state index in [2.05, 4.69) is 61.1 Å². The van der Waals surface area contributed by atoms with E-state index in [1.54, 1.807) is 12.3 Å². The summed E-state index contributed by atoms with van der Waals surface area (Å²) in [6.45, 7) is 0. The summed E-state index contributed by atoms with van der Waals surface area (Å²) in [7, 11) is 0. The molecule has 1 aliphatic rings. The van der Waals surface area contributed by atoms with Crippen LogP contribution in [0.25, 0.3) is 10.8 Å². The number of aliphatic imine (C=N–C) groups is 1. The average molecular weight is 447 g/mol. The van der Waals surface area contributed by atoms with Gasteiger partial charge in [0.05, 0.1) is 10.2 Å². The van der Waals surface area contributed by atoms with Gasteiger partial charge in [0, 0.05) is 17.2 Å². The first-order chi connectivity index (χ1) is 11.6. The minimum absolute atomic E-state index is 0.0324. The number of phenolic OH excluding ortho intramolecular Hbond substituents is 2. The van der Waals surface area contributed by atoms with E-state index in [4.69, 9.17) is 0 Å². The Morgan fingerprint density at radius 2 is 1.71 bits per heavy atom.